The van der Waals surface area contributed by atoms with E-state index in [9.17, 15) is 4.79 Å². The molecule has 1 aromatic carbocycles. The smallest absolute Gasteiger partial charge is 0.328 e. The van der Waals surface area contributed by atoms with Crippen LogP contribution in [0.5, 0.6) is 0 Å². The van der Waals surface area contributed by atoms with Crippen LogP contribution in [0.4, 0.5) is 5.69 Å². The highest BCUT2D eigenvalue weighted by molar-refractivity contribution is 9.10. The van der Waals surface area contributed by atoms with E-state index in [2.05, 4.69) is 15.9 Å². The lowest BCUT2D eigenvalue weighted by Gasteiger charge is -2.06. The SMILES string of the molecule is Nc1cc(Br)ccc1Cn1ccn(C2CC2)c1=O. The Kier molecular flexibility index (Phi) is 2.78. The van der Waals surface area contributed by atoms with Gasteiger partial charge in [-0.25, -0.2) is 4.79 Å². The lowest BCUT2D eigenvalue weighted by atomic mass is 10.2. The van der Waals surface area contributed by atoms with Crippen LogP contribution in [0.2, 0.25) is 0 Å². The number of halogens is 1. The molecule has 4 nitrogen and oxygen atoms in total. The molecule has 1 aliphatic carbocycles. The van der Waals surface area contributed by atoms with Crippen LogP contribution in [0.25, 0.3) is 0 Å². The molecule has 0 atom stereocenters. The van der Waals surface area contributed by atoms with Gasteiger partial charge in [-0.05, 0) is 30.5 Å². The Morgan fingerprint density at radius 3 is 2.78 bits per heavy atom. The van der Waals surface area contributed by atoms with E-state index in [1.807, 2.05) is 35.2 Å². The lowest BCUT2D eigenvalue weighted by molar-refractivity contribution is 0.656. The zero-order valence-electron chi connectivity index (χ0n) is 9.84. The molecule has 1 saturated carbocycles. The van der Waals surface area contributed by atoms with E-state index in [1.165, 1.54) is 0 Å². The van der Waals surface area contributed by atoms with Crippen LogP contribution in [-0.4, -0.2) is 9.13 Å². The highest BCUT2D eigenvalue weighted by Crippen LogP contribution is 2.33. The summed E-state index contributed by atoms with van der Waals surface area (Å²) in [4.78, 5) is 12.1. The van der Waals surface area contributed by atoms with Gasteiger partial charge in [0.25, 0.3) is 0 Å². The molecule has 94 valence electrons. The summed E-state index contributed by atoms with van der Waals surface area (Å²) >= 11 is 3.37. The predicted molar refractivity (Wildman–Crippen MR) is 74.6 cm³/mol. The Balaban J connectivity index is 1.90. The van der Waals surface area contributed by atoms with Gasteiger partial charge in [0.2, 0.25) is 0 Å². The number of rotatable bonds is 3. The number of nitrogen functional groups attached to an aromatic ring is 1. The lowest BCUT2D eigenvalue weighted by Crippen LogP contribution is -2.24. The van der Waals surface area contributed by atoms with E-state index < -0.39 is 0 Å². The molecule has 18 heavy (non-hydrogen) atoms. The van der Waals surface area contributed by atoms with Gasteiger partial charge < -0.3 is 5.73 Å². The molecule has 2 aromatic rings. The van der Waals surface area contributed by atoms with Gasteiger partial charge in [0.05, 0.1) is 6.54 Å². The fraction of sp³-hybridized carbons (Fsp3) is 0.308. The van der Waals surface area contributed by atoms with E-state index in [4.69, 9.17) is 5.73 Å². The van der Waals surface area contributed by atoms with Crippen LogP contribution in [0.1, 0.15) is 24.4 Å². The van der Waals surface area contributed by atoms with Crippen molar-refractivity contribution in [1.29, 1.82) is 0 Å². The quantitative estimate of drug-likeness (QED) is 0.885. The first kappa shape index (κ1) is 11.6. The number of aromatic nitrogens is 2. The van der Waals surface area contributed by atoms with E-state index in [1.54, 1.807) is 4.57 Å². The number of hydrogen-bond acceptors (Lipinski definition) is 2. The Morgan fingerprint density at radius 2 is 2.11 bits per heavy atom. The van der Waals surface area contributed by atoms with Gasteiger partial charge in [-0.2, -0.15) is 0 Å². The van der Waals surface area contributed by atoms with Gasteiger partial charge in [-0.3, -0.25) is 9.13 Å². The van der Waals surface area contributed by atoms with Gasteiger partial charge >= 0.3 is 5.69 Å². The van der Waals surface area contributed by atoms with Crippen LogP contribution in [0, 0.1) is 0 Å². The average Bonchev–Trinajstić information content (AvgIpc) is 3.10. The first-order valence-corrected chi connectivity index (χ1v) is 6.75. The summed E-state index contributed by atoms with van der Waals surface area (Å²) in [7, 11) is 0. The van der Waals surface area contributed by atoms with Gasteiger partial charge in [-0.1, -0.05) is 22.0 Å². The number of hydrogen-bond donors (Lipinski definition) is 1. The molecule has 0 saturated heterocycles. The fourth-order valence-electron chi connectivity index (χ4n) is 2.07. The largest absolute Gasteiger partial charge is 0.398 e. The van der Waals surface area contributed by atoms with Crippen molar-refractivity contribution in [1.82, 2.24) is 9.13 Å². The second-order valence-electron chi connectivity index (χ2n) is 4.69. The summed E-state index contributed by atoms with van der Waals surface area (Å²) in [6.45, 7) is 0.525. The van der Waals surface area contributed by atoms with E-state index in [0.717, 1.165) is 22.9 Å². The molecule has 1 aromatic heterocycles. The number of anilines is 1. The summed E-state index contributed by atoms with van der Waals surface area (Å²) in [6, 6.07) is 6.16. The van der Waals surface area contributed by atoms with Crippen molar-refractivity contribution in [3.63, 3.8) is 0 Å². The molecule has 2 N–H and O–H groups in total. The van der Waals surface area contributed by atoms with Crippen LogP contribution < -0.4 is 11.4 Å². The number of nitrogens with two attached hydrogens (primary N) is 1. The molecule has 0 unspecified atom stereocenters. The number of imidazole rings is 1. The van der Waals surface area contributed by atoms with Crippen molar-refractivity contribution in [3.05, 3.63) is 51.1 Å². The molecule has 0 amide bonds. The van der Waals surface area contributed by atoms with E-state index in [-0.39, 0.29) is 5.69 Å². The Morgan fingerprint density at radius 1 is 1.33 bits per heavy atom. The summed E-state index contributed by atoms with van der Waals surface area (Å²) < 4.78 is 4.47. The fourth-order valence-corrected chi connectivity index (χ4v) is 2.45. The molecule has 0 aliphatic heterocycles. The summed E-state index contributed by atoms with van der Waals surface area (Å²) in [5.41, 5.74) is 7.67. The highest BCUT2D eigenvalue weighted by Gasteiger charge is 2.25. The van der Waals surface area contributed by atoms with Gasteiger partial charge in [0.15, 0.2) is 0 Å². The van der Waals surface area contributed by atoms with Crippen LogP contribution in [-0.2, 0) is 6.54 Å². The minimum atomic E-state index is 0.0554. The van der Waals surface area contributed by atoms with Crippen molar-refractivity contribution < 1.29 is 0 Å². The molecule has 1 aliphatic rings. The first-order chi connectivity index (χ1) is 8.65. The first-order valence-electron chi connectivity index (χ1n) is 5.96. The van der Waals surface area contributed by atoms with Gasteiger partial charge in [0, 0.05) is 28.6 Å². The zero-order valence-corrected chi connectivity index (χ0v) is 11.4. The molecular weight excluding hydrogens is 294 g/mol. The molecule has 1 heterocycles. The summed E-state index contributed by atoms with van der Waals surface area (Å²) in [5, 5.41) is 0. The third-order valence-electron chi connectivity index (χ3n) is 3.26. The normalized spacial score (nSPS) is 14.9. The number of benzene rings is 1. The molecule has 3 rings (SSSR count). The highest BCUT2D eigenvalue weighted by atomic mass is 79.9. The molecule has 5 heteroatoms. The Bertz CT molecular complexity index is 640. The van der Waals surface area contributed by atoms with Crippen LogP contribution in [0.15, 0.2) is 39.9 Å². The molecular formula is C13H14BrN3O. The van der Waals surface area contributed by atoms with E-state index in [0.29, 0.717) is 18.3 Å². The standard InChI is InChI=1S/C13H14BrN3O/c14-10-2-1-9(12(15)7-10)8-16-5-6-17(13(16)18)11-3-4-11/h1-2,5-7,11H,3-4,8,15H2. The second kappa shape index (κ2) is 4.31. The van der Waals surface area contributed by atoms with Crippen molar-refractivity contribution in [2.24, 2.45) is 0 Å². The molecule has 0 spiro atoms. The zero-order chi connectivity index (χ0) is 12.7. The minimum Gasteiger partial charge on any atom is -0.398 e. The van der Waals surface area contributed by atoms with Gasteiger partial charge in [0.1, 0.15) is 0 Å². The molecule has 1 fully saturated rings. The Hall–Kier alpha value is -1.49. The number of nitrogens with zero attached hydrogens (tertiary/aromatic N) is 2. The minimum absolute atomic E-state index is 0.0554. The van der Waals surface area contributed by atoms with Gasteiger partial charge in [-0.15, -0.1) is 0 Å². The second-order valence-corrected chi connectivity index (χ2v) is 5.61. The Labute approximate surface area is 113 Å². The molecule has 0 radical (unpaired) electrons. The third-order valence-corrected chi connectivity index (χ3v) is 3.76. The third kappa shape index (κ3) is 2.10. The summed E-state index contributed by atoms with van der Waals surface area (Å²) in [6.07, 6.45) is 5.94. The van der Waals surface area contributed by atoms with E-state index >= 15 is 0 Å². The van der Waals surface area contributed by atoms with Crippen molar-refractivity contribution in [2.45, 2.75) is 25.4 Å². The molecule has 0 bridgehead atoms. The van der Waals surface area contributed by atoms with Crippen molar-refractivity contribution in [3.8, 4) is 0 Å². The van der Waals surface area contributed by atoms with Crippen molar-refractivity contribution >= 4 is 21.6 Å². The maximum atomic E-state index is 12.1. The maximum absolute atomic E-state index is 12.1. The topological polar surface area (TPSA) is 52.9 Å². The predicted octanol–water partition coefficient (Wildman–Crippen LogP) is 2.38. The summed E-state index contributed by atoms with van der Waals surface area (Å²) in [5.74, 6) is 0. The monoisotopic (exact) mass is 307 g/mol. The maximum Gasteiger partial charge on any atom is 0.328 e. The van der Waals surface area contributed by atoms with Crippen LogP contribution >= 0.6 is 15.9 Å². The van der Waals surface area contributed by atoms with Crippen LogP contribution in [0.3, 0.4) is 0 Å². The van der Waals surface area contributed by atoms with Crippen molar-refractivity contribution in [2.75, 3.05) is 5.73 Å². The average molecular weight is 308 g/mol.